The first-order valence-corrected chi connectivity index (χ1v) is 4.44. The average molecular weight is 337 g/mol. The summed E-state index contributed by atoms with van der Waals surface area (Å²) in [6.07, 6.45) is 0. The Kier molecular flexibility index (Phi) is 6.63. The highest BCUT2D eigenvalue weighted by atomic mass is 127. The van der Waals surface area contributed by atoms with Crippen molar-refractivity contribution in [2.24, 2.45) is 16.5 Å². The molecule has 0 spiro atoms. The Bertz CT molecular complexity index is 365. The molecule has 0 saturated carbocycles. The van der Waals surface area contributed by atoms with E-state index in [1.54, 1.807) is 14.2 Å². The minimum absolute atomic E-state index is 0. The molecule has 0 radical (unpaired) electrons. The highest BCUT2D eigenvalue weighted by Crippen LogP contribution is 2.30. The monoisotopic (exact) mass is 337 g/mol. The van der Waals surface area contributed by atoms with Gasteiger partial charge in [-0.3, -0.25) is 0 Å². The second-order valence-corrected chi connectivity index (χ2v) is 2.89. The standard InChI is InChI=1S/C10H15N3O2.HI/c1-14-8-5-3-4-7(9(8)15-2)6-13-10(11)12;/h3-5H,6H2,1-2H3,(H4,11,12,13);1H. The Hall–Kier alpha value is -1.18. The zero-order valence-electron chi connectivity index (χ0n) is 9.27. The number of para-hydroxylation sites is 1. The van der Waals surface area contributed by atoms with Crippen LogP contribution in [0.3, 0.4) is 0 Å². The molecule has 0 aliphatic carbocycles. The summed E-state index contributed by atoms with van der Waals surface area (Å²) in [6.45, 7) is 0.378. The molecule has 0 fully saturated rings. The Morgan fingerprint density at radius 1 is 1.25 bits per heavy atom. The summed E-state index contributed by atoms with van der Waals surface area (Å²) < 4.78 is 10.4. The molecule has 0 saturated heterocycles. The molecule has 0 heterocycles. The second kappa shape index (κ2) is 7.15. The minimum Gasteiger partial charge on any atom is -0.493 e. The lowest BCUT2D eigenvalue weighted by atomic mass is 10.2. The predicted molar refractivity (Wildman–Crippen MR) is 74.5 cm³/mol. The molecule has 0 atom stereocenters. The van der Waals surface area contributed by atoms with E-state index in [0.29, 0.717) is 18.0 Å². The maximum atomic E-state index is 5.26. The number of benzene rings is 1. The molecule has 0 aromatic heterocycles. The van der Waals surface area contributed by atoms with E-state index in [9.17, 15) is 0 Å². The van der Waals surface area contributed by atoms with Gasteiger partial charge in [-0.2, -0.15) is 0 Å². The zero-order valence-corrected chi connectivity index (χ0v) is 11.6. The molecule has 4 N–H and O–H groups in total. The van der Waals surface area contributed by atoms with Crippen molar-refractivity contribution < 1.29 is 9.47 Å². The van der Waals surface area contributed by atoms with Gasteiger partial charge in [-0.25, -0.2) is 4.99 Å². The summed E-state index contributed by atoms with van der Waals surface area (Å²) in [4.78, 5) is 3.92. The van der Waals surface area contributed by atoms with E-state index < -0.39 is 0 Å². The third-order valence-corrected chi connectivity index (χ3v) is 1.92. The van der Waals surface area contributed by atoms with Gasteiger partial charge in [-0.15, -0.1) is 24.0 Å². The number of hydrogen-bond acceptors (Lipinski definition) is 3. The number of aliphatic imine (C=N–C) groups is 1. The fourth-order valence-electron chi connectivity index (χ4n) is 1.25. The van der Waals surface area contributed by atoms with Crippen LogP contribution < -0.4 is 20.9 Å². The molecule has 0 amide bonds. The van der Waals surface area contributed by atoms with E-state index in [1.807, 2.05) is 18.2 Å². The van der Waals surface area contributed by atoms with Crippen molar-refractivity contribution in [3.8, 4) is 11.5 Å². The molecule has 1 rings (SSSR count). The van der Waals surface area contributed by atoms with Gasteiger partial charge in [0, 0.05) is 5.56 Å². The van der Waals surface area contributed by atoms with Gasteiger partial charge in [-0.05, 0) is 6.07 Å². The Morgan fingerprint density at radius 3 is 2.44 bits per heavy atom. The van der Waals surface area contributed by atoms with E-state index in [2.05, 4.69) is 4.99 Å². The van der Waals surface area contributed by atoms with Crippen LogP contribution in [0.1, 0.15) is 5.56 Å². The van der Waals surface area contributed by atoms with Crippen LogP contribution >= 0.6 is 24.0 Å². The fraction of sp³-hybridized carbons (Fsp3) is 0.300. The van der Waals surface area contributed by atoms with E-state index >= 15 is 0 Å². The van der Waals surface area contributed by atoms with Crippen molar-refractivity contribution in [2.45, 2.75) is 6.54 Å². The van der Waals surface area contributed by atoms with Crippen LogP contribution in [0, 0.1) is 0 Å². The molecule has 5 nitrogen and oxygen atoms in total. The molecular weight excluding hydrogens is 321 g/mol. The number of halogens is 1. The Balaban J connectivity index is 0.00000225. The lowest BCUT2D eigenvalue weighted by Crippen LogP contribution is -2.22. The maximum absolute atomic E-state index is 5.26. The van der Waals surface area contributed by atoms with E-state index in [4.69, 9.17) is 20.9 Å². The first-order valence-electron chi connectivity index (χ1n) is 4.44. The van der Waals surface area contributed by atoms with Gasteiger partial charge in [0.2, 0.25) is 0 Å². The minimum atomic E-state index is 0. The van der Waals surface area contributed by atoms with Crippen molar-refractivity contribution in [3.05, 3.63) is 23.8 Å². The van der Waals surface area contributed by atoms with Crippen molar-refractivity contribution in [3.63, 3.8) is 0 Å². The summed E-state index contributed by atoms with van der Waals surface area (Å²) in [5.74, 6) is 1.38. The van der Waals surface area contributed by atoms with Crippen LogP contribution in [0.2, 0.25) is 0 Å². The lowest BCUT2D eigenvalue weighted by Gasteiger charge is -2.10. The van der Waals surface area contributed by atoms with Gasteiger partial charge in [0.15, 0.2) is 17.5 Å². The summed E-state index contributed by atoms with van der Waals surface area (Å²) in [6, 6.07) is 5.56. The van der Waals surface area contributed by atoms with Gasteiger partial charge in [0.05, 0.1) is 20.8 Å². The lowest BCUT2D eigenvalue weighted by molar-refractivity contribution is 0.352. The number of ether oxygens (including phenoxy) is 2. The predicted octanol–water partition coefficient (Wildman–Crippen LogP) is 1.10. The first kappa shape index (κ1) is 14.8. The highest BCUT2D eigenvalue weighted by Gasteiger charge is 2.08. The van der Waals surface area contributed by atoms with Gasteiger partial charge < -0.3 is 20.9 Å². The quantitative estimate of drug-likeness (QED) is 0.490. The van der Waals surface area contributed by atoms with Crippen molar-refractivity contribution >= 4 is 29.9 Å². The second-order valence-electron chi connectivity index (χ2n) is 2.89. The summed E-state index contributed by atoms with van der Waals surface area (Å²) >= 11 is 0. The van der Waals surface area contributed by atoms with Crippen LogP contribution in [0.25, 0.3) is 0 Å². The Morgan fingerprint density at radius 2 is 1.94 bits per heavy atom. The molecule has 16 heavy (non-hydrogen) atoms. The first-order chi connectivity index (χ1) is 7.19. The van der Waals surface area contributed by atoms with E-state index in [1.165, 1.54) is 0 Å². The molecule has 0 unspecified atom stereocenters. The number of nitrogens with zero attached hydrogens (tertiary/aromatic N) is 1. The van der Waals surface area contributed by atoms with Gasteiger partial charge in [-0.1, -0.05) is 12.1 Å². The van der Waals surface area contributed by atoms with Crippen molar-refractivity contribution in [2.75, 3.05) is 14.2 Å². The number of rotatable bonds is 4. The van der Waals surface area contributed by atoms with Gasteiger partial charge in [0.1, 0.15) is 0 Å². The maximum Gasteiger partial charge on any atom is 0.186 e. The van der Waals surface area contributed by atoms with Crippen LogP contribution in [0.4, 0.5) is 0 Å². The van der Waals surface area contributed by atoms with Crippen LogP contribution in [0.15, 0.2) is 23.2 Å². The third kappa shape index (κ3) is 3.76. The van der Waals surface area contributed by atoms with E-state index in [-0.39, 0.29) is 29.9 Å². The summed E-state index contributed by atoms with van der Waals surface area (Å²) in [5.41, 5.74) is 11.4. The summed E-state index contributed by atoms with van der Waals surface area (Å²) in [5, 5.41) is 0. The number of guanidine groups is 1. The molecule has 1 aromatic carbocycles. The topological polar surface area (TPSA) is 82.9 Å². The normalized spacial score (nSPS) is 8.88. The smallest absolute Gasteiger partial charge is 0.186 e. The van der Waals surface area contributed by atoms with Crippen LogP contribution in [-0.2, 0) is 6.54 Å². The van der Waals surface area contributed by atoms with Crippen molar-refractivity contribution in [1.82, 2.24) is 0 Å². The van der Waals surface area contributed by atoms with Gasteiger partial charge >= 0.3 is 0 Å². The molecule has 0 aliphatic heterocycles. The molecule has 0 aliphatic rings. The fourth-order valence-corrected chi connectivity index (χ4v) is 1.25. The largest absolute Gasteiger partial charge is 0.493 e. The Labute approximate surface area is 112 Å². The summed E-state index contributed by atoms with van der Waals surface area (Å²) in [7, 11) is 3.17. The average Bonchev–Trinajstić information content (AvgIpc) is 2.25. The van der Waals surface area contributed by atoms with Crippen LogP contribution in [-0.4, -0.2) is 20.2 Å². The SMILES string of the molecule is COc1cccc(CN=C(N)N)c1OC.I. The highest BCUT2D eigenvalue weighted by molar-refractivity contribution is 14.0. The molecular formula is C10H16IN3O2. The number of methoxy groups -OCH3 is 2. The zero-order chi connectivity index (χ0) is 11.3. The molecule has 1 aromatic rings. The van der Waals surface area contributed by atoms with Gasteiger partial charge in [0.25, 0.3) is 0 Å². The molecule has 6 heteroatoms. The number of hydrogen-bond donors (Lipinski definition) is 2. The number of nitrogens with two attached hydrogens (primary N) is 2. The van der Waals surface area contributed by atoms with Crippen molar-refractivity contribution in [1.29, 1.82) is 0 Å². The third-order valence-electron chi connectivity index (χ3n) is 1.92. The van der Waals surface area contributed by atoms with E-state index in [0.717, 1.165) is 5.56 Å². The molecule has 90 valence electrons. The molecule has 0 bridgehead atoms. The van der Waals surface area contributed by atoms with Crippen LogP contribution in [0.5, 0.6) is 11.5 Å².